The molecule has 3 aromatic rings. The van der Waals surface area contributed by atoms with Crippen LogP contribution < -0.4 is 20.5 Å². The van der Waals surface area contributed by atoms with Crippen LogP contribution in [0.1, 0.15) is 87.6 Å². The van der Waals surface area contributed by atoms with Crippen molar-refractivity contribution in [3.8, 4) is 11.5 Å². The van der Waals surface area contributed by atoms with Crippen molar-refractivity contribution in [2.24, 2.45) is 23.0 Å². The van der Waals surface area contributed by atoms with Gasteiger partial charge in [0.25, 0.3) is 0 Å². The molecule has 3 N–H and O–H groups in total. The van der Waals surface area contributed by atoms with E-state index >= 15 is 0 Å². The lowest BCUT2D eigenvalue weighted by Crippen LogP contribution is -2.65. The Morgan fingerprint density at radius 3 is 2.44 bits per heavy atom. The molecule has 0 spiro atoms. The summed E-state index contributed by atoms with van der Waals surface area (Å²) in [5, 5.41) is 3.12. The molecule has 50 heavy (non-hydrogen) atoms. The van der Waals surface area contributed by atoms with Gasteiger partial charge in [0.05, 0.1) is 36.6 Å². The van der Waals surface area contributed by atoms with Gasteiger partial charge in [0.15, 0.2) is 0 Å². The third kappa shape index (κ3) is 7.51. The smallest absolute Gasteiger partial charge is 0.482 e. The summed E-state index contributed by atoms with van der Waals surface area (Å²) < 4.78 is 30.8. The Labute approximate surface area is 301 Å². The second-order valence-electron chi connectivity index (χ2n) is 15.3. The number of nitrogens with one attached hydrogen (secondary N) is 1. The summed E-state index contributed by atoms with van der Waals surface area (Å²) >= 11 is 0. The number of hydrogen-bond acceptors (Lipinski definition) is 9. The molecular weight excluding hydrogens is 657 g/mol. The van der Waals surface area contributed by atoms with Gasteiger partial charge in [-0.2, -0.15) is 0 Å². The molecule has 2 heterocycles. The Morgan fingerprint density at radius 2 is 1.80 bits per heavy atom. The number of halogens is 1. The van der Waals surface area contributed by atoms with Gasteiger partial charge in [0.2, 0.25) is 5.91 Å². The van der Waals surface area contributed by atoms with Crippen LogP contribution in [0.4, 0.5) is 0 Å². The normalized spacial score (nSPS) is 24.5. The maximum absolute atomic E-state index is 13.8. The van der Waals surface area contributed by atoms with Crippen molar-refractivity contribution >= 4 is 31.4 Å². The van der Waals surface area contributed by atoms with E-state index in [1.165, 1.54) is 7.11 Å². The largest absolute Gasteiger partial charge is 0.496 e. The van der Waals surface area contributed by atoms with Crippen LogP contribution in [0.25, 0.3) is 0 Å². The fraction of sp³-hybridized carbons (Fsp3) is 0.500. The van der Waals surface area contributed by atoms with Crippen molar-refractivity contribution in [1.29, 1.82) is 0 Å². The second kappa shape index (κ2) is 14.5. The van der Waals surface area contributed by atoms with Crippen LogP contribution in [-0.2, 0) is 31.9 Å². The van der Waals surface area contributed by atoms with Gasteiger partial charge in [-0.1, -0.05) is 56.3 Å². The Hall–Kier alpha value is -3.64. The van der Waals surface area contributed by atoms with E-state index in [4.69, 9.17) is 29.3 Å². The van der Waals surface area contributed by atoms with Crippen LogP contribution >= 0.6 is 12.4 Å². The number of pyridine rings is 1. The Morgan fingerprint density at radius 1 is 1.06 bits per heavy atom. The van der Waals surface area contributed by atoms with Crippen molar-refractivity contribution in [2.75, 3.05) is 7.11 Å². The van der Waals surface area contributed by atoms with E-state index in [0.29, 0.717) is 46.8 Å². The zero-order valence-corrected chi connectivity index (χ0v) is 30.8. The monoisotopic (exact) mass is 705 g/mol. The van der Waals surface area contributed by atoms with Gasteiger partial charge in [-0.15, -0.1) is 12.4 Å². The molecule has 268 valence electrons. The lowest BCUT2D eigenvalue weighted by Gasteiger charge is -2.64. The highest BCUT2D eigenvalue weighted by Gasteiger charge is 2.68. The molecule has 2 bridgehead atoms. The molecule has 4 fully saturated rings. The molecule has 12 heteroatoms. The van der Waals surface area contributed by atoms with Crippen LogP contribution in [0.2, 0.25) is 0 Å². The number of carbonyl (C=O) groups excluding carboxylic acids is 2. The number of ether oxygens (including phenoxy) is 3. The molecule has 10 nitrogen and oxygen atoms in total. The first kappa shape index (κ1) is 37.6. The Balaban J connectivity index is 0.00000486. The van der Waals surface area contributed by atoms with E-state index in [-0.39, 0.29) is 30.3 Å². The first-order valence-electron chi connectivity index (χ1n) is 17.1. The molecule has 6 atom stereocenters. The van der Waals surface area contributed by atoms with Crippen LogP contribution in [0.15, 0.2) is 66.9 Å². The molecule has 3 aliphatic carbocycles. The van der Waals surface area contributed by atoms with Gasteiger partial charge in [0.1, 0.15) is 35.3 Å². The van der Waals surface area contributed by atoms with Crippen molar-refractivity contribution < 1.29 is 33.1 Å². The summed E-state index contributed by atoms with van der Waals surface area (Å²) in [6.07, 6.45) is 3.72. The van der Waals surface area contributed by atoms with Gasteiger partial charge in [-0.3, -0.25) is 9.78 Å². The number of esters is 1. The third-order valence-corrected chi connectivity index (χ3v) is 10.6. The standard InChI is InChI=1S/C38H48BN3O7.ClH/c1-36(2,3)47-35(44)27-15-11-14-24(33(27)45-7)18-31(39-48-30-20-25-19-29(37(25,4)5)38(30,6)49-39)42-34(43)32(40)28-17-16-26(21-41-28)46-22-23-12-9-8-10-13-23;/h8-17,21,25,29-32H,18-20,22,40H2,1-7H3,(H,42,43);1H/t25-,29-,30?,31-,32?,38-;/m0./s1. The maximum Gasteiger partial charge on any atom is 0.482 e. The number of benzene rings is 2. The zero-order valence-electron chi connectivity index (χ0n) is 29.9. The first-order valence-corrected chi connectivity index (χ1v) is 17.1. The molecule has 1 aliphatic heterocycles. The summed E-state index contributed by atoms with van der Waals surface area (Å²) in [6.45, 7) is 12.6. The SMILES string of the molecule is COc1c(C[C@H](NC(=O)C(N)c2ccc(OCc3ccccc3)cn2)B2OC3C[C@@H]4C[C@@H](C4(C)C)[C@]3(C)O2)cccc1C(=O)OC(C)(C)C.Cl. The van der Waals surface area contributed by atoms with Crippen molar-refractivity contribution in [3.63, 3.8) is 0 Å². The van der Waals surface area contributed by atoms with E-state index in [1.54, 1.807) is 30.5 Å². The minimum Gasteiger partial charge on any atom is -0.496 e. The molecule has 4 aliphatic rings. The molecule has 1 aromatic heterocycles. The highest BCUT2D eigenvalue weighted by Crippen LogP contribution is 2.65. The minimum absolute atomic E-state index is 0. The molecule has 0 radical (unpaired) electrons. The van der Waals surface area contributed by atoms with Gasteiger partial charge in [0, 0.05) is 0 Å². The number of methoxy groups -OCH3 is 1. The number of hydrogen-bond donors (Lipinski definition) is 2. The van der Waals surface area contributed by atoms with Crippen LogP contribution in [0.5, 0.6) is 11.5 Å². The molecule has 2 aromatic carbocycles. The molecular formula is C38H49BClN3O7. The lowest BCUT2D eigenvalue weighted by molar-refractivity contribution is -0.199. The van der Waals surface area contributed by atoms with Crippen molar-refractivity contribution in [1.82, 2.24) is 10.3 Å². The van der Waals surface area contributed by atoms with Crippen molar-refractivity contribution in [2.45, 2.75) is 96.7 Å². The lowest BCUT2D eigenvalue weighted by atomic mass is 9.43. The predicted octanol–water partition coefficient (Wildman–Crippen LogP) is 6.04. The highest BCUT2D eigenvalue weighted by atomic mass is 35.5. The molecule has 3 saturated carbocycles. The van der Waals surface area contributed by atoms with E-state index < -0.39 is 42.2 Å². The van der Waals surface area contributed by atoms with Crippen LogP contribution in [0.3, 0.4) is 0 Å². The van der Waals surface area contributed by atoms with Gasteiger partial charge in [-0.25, -0.2) is 4.79 Å². The molecule has 2 unspecified atom stereocenters. The van der Waals surface area contributed by atoms with Crippen LogP contribution in [-0.4, -0.2) is 54.3 Å². The maximum atomic E-state index is 13.8. The summed E-state index contributed by atoms with van der Waals surface area (Å²) in [5.41, 5.74) is 7.89. The quantitative estimate of drug-likeness (QED) is 0.181. The number of para-hydroxylation sites is 1. The summed E-state index contributed by atoms with van der Waals surface area (Å²) in [5.74, 6) is 0.259. The first-order chi connectivity index (χ1) is 23.2. The highest BCUT2D eigenvalue weighted by molar-refractivity contribution is 6.48. The zero-order chi connectivity index (χ0) is 35.1. The predicted molar refractivity (Wildman–Crippen MR) is 193 cm³/mol. The third-order valence-electron chi connectivity index (χ3n) is 10.6. The van der Waals surface area contributed by atoms with Gasteiger partial charge < -0.3 is 34.6 Å². The number of nitrogens with zero attached hydrogens (tertiary/aromatic N) is 1. The molecule has 1 amide bonds. The Bertz CT molecular complexity index is 1670. The fourth-order valence-electron chi connectivity index (χ4n) is 7.81. The summed E-state index contributed by atoms with van der Waals surface area (Å²) in [4.78, 5) is 31.4. The van der Waals surface area contributed by atoms with E-state index in [9.17, 15) is 9.59 Å². The Kier molecular flexibility index (Phi) is 10.9. The molecule has 1 saturated heterocycles. The second-order valence-corrected chi connectivity index (χ2v) is 15.3. The summed E-state index contributed by atoms with van der Waals surface area (Å²) in [7, 11) is 0.765. The number of aromatic nitrogens is 1. The minimum atomic E-state index is -1.06. The number of rotatable bonds is 11. The van der Waals surface area contributed by atoms with Gasteiger partial charge >= 0.3 is 13.1 Å². The number of amides is 1. The van der Waals surface area contributed by atoms with Gasteiger partial charge in [-0.05, 0) is 93.5 Å². The topological polar surface area (TPSA) is 131 Å². The summed E-state index contributed by atoms with van der Waals surface area (Å²) in [6, 6.07) is 17.5. The van der Waals surface area contributed by atoms with Crippen molar-refractivity contribution in [3.05, 3.63) is 89.2 Å². The number of carbonyl (C=O) groups is 2. The van der Waals surface area contributed by atoms with Crippen LogP contribution in [0, 0.1) is 17.3 Å². The van der Waals surface area contributed by atoms with E-state index in [0.717, 1.165) is 18.4 Å². The van der Waals surface area contributed by atoms with E-state index in [2.05, 4.69) is 31.1 Å². The average Bonchev–Trinajstić information content (AvgIpc) is 3.43. The number of nitrogens with two attached hydrogens (primary N) is 1. The molecule has 7 rings (SSSR count). The fourth-order valence-corrected chi connectivity index (χ4v) is 7.81. The average molecular weight is 706 g/mol. The van der Waals surface area contributed by atoms with E-state index in [1.807, 2.05) is 57.2 Å².